The first-order valence-electron chi connectivity index (χ1n) is 8.00. The number of hydrogen-bond donors (Lipinski definition) is 3. The predicted molar refractivity (Wildman–Crippen MR) is 92.6 cm³/mol. The van der Waals surface area contributed by atoms with Gasteiger partial charge in [0.2, 0.25) is 5.91 Å². The summed E-state index contributed by atoms with van der Waals surface area (Å²) in [6.45, 7) is 0.192. The van der Waals surface area contributed by atoms with Crippen molar-refractivity contribution in [3.05, 3.63) is 59.8 Å². The zero-order chi connectivity index (χ0) is 18.5. The molecule has 6 nitrogen and oxygen atoms in total. The van der Waals surface area contributed by atoms with E-state index < -0.39 is 17.5 Å². The number of carbonyl (C=O) groups excluding carboxylic acids is 2. The Bertz CT molecular complexity index is 955. The lowest BCUT2D eigenvalue weighted by atomic mass is 10.2. The molecule has 0 radical (unpaired) electrons. The summed E-state index contributed by atoms with van der Waals surface area (Å²) in [6, 6.07) is 8.19. The van der Waals surface area contributed by atoms with Crippen LogP contribution in [0.4, 0.5) is 14.5 Å². The highest BCUT2D eigenvalue weighted by atomic mass is 19.1. The Kier molecular flexibility index (Phi) is 5.21. The molecule has 134 valence electrons. The Labute approximate surface area is 147 Å². The van der Waals surface area contributed by atoms with Gasteiger partial charge in [0, 0.05) is 24.4 Å². The number of carbonyl (C=O) groups is 2. The van der Waals surface area contributed by atoms with Gasteiger partial charge in [0.05, 0.1) is 23.0 Å². The van der Waals surface area contributed by atoms with Gasteiger partial charge in [-0.1, -0.05) is 12.1 Å². The summed E-state index contributed by atoms with van der Waals surface area (Å²) in [7, 11) is 0. The van der Waals surface area contributed by atoms with Gasteiger partial charge in [-0.05, 0) is 24.6 Å². The van der Waals surface area contributed by atoms with Crippen LogP contribution in [0.5, 0.6) is 0 Å². The summed E-state index contributed by atoms with van der Waals surface area (Å²) >= 11 is 0. The summed E-state index contributed by atoms with van der Waals surface area (Å²) in [5.74, 6) is -2.53. The van der Waals surface area contributed by atoms with Crippen LogP contribution < -0.4 is 10.6 Å². The molecule has 2 amide bonds. The van der Waals surface area contributed by atoms with Gasteiger partial charge in [-0.15, -0.1) is 0 Å². The number of fused-ring (bicyclic) bond motifs is 1. The third-order valence-electron chi connectivity index (χ3n) is 3.79. The molecule has 0 atom stereocenters. The van der Waals surface area contributed by atoms with E-state index in [1.807, 2.05) is 12.1 Å². The van der Waals surface area contributed by atoms with Gasteiger partial charge in [-0.3, -0.25) is 14.7 Å². The Morgan fingerprint density at radius 3 is 2.81 bits per heavy atom. The Hall–Kier alpha value is -3.29. The molecule has 0 saturated heterocycles. The molecule has 0 bridgehead atoms. The second kappa shape index (κ2) is 7.73. The summed E-state index contributed by atoms with van der Waals surface area (Å²) < 4.78 is 26.3. The SMILES string of the molecule is O=C(CCCNC(=O)c1ccc(F)cc1F)Nc1cccc2cn[nH]c12. The molecule has 0 unspecified atom stereocenters. The van der Waals surface area contributed by atoms with E-state index in [1.54, 1.807) is 12.3 Å². The Balaban J connectivity index is 1.47. The van der Waals surface area contributed by atoms with Gasteiger partial charge in [-0.25, -0.2) is 8.78 Å². The average molecular weight is 358 g/mol. The van der Waals surface area contributed by atoms with Crippen LogP contribution in [0.1, 0.15) is 23.2 Å². The highest BCUT2D eigenvalue weighted by Crippen LogP contribution is 2.20. The number of aromatic nitrogens is 2. The standard InChI is InChI=1S/C18H16F2N4O2/c19-12-6-7-13(14(20)9-12)18(26)21-8-2-5-16(25)23-15-4-1-3-11-10-22-24-17(11)15/h1,3-4,6-7,9-10H,2,5,8H2,(H,21,26)(H,22,24)(H,23,25). The minimum absolute atomic E-state index is 0.177. The lowest BCUT2D eigenvalue weighted by Crippen LogP contribution is -2.26. The van der Waals surface area contributed by atoms with Crippen molar-refractivity contribution in [1.82, 2.24) is 15.5 Å². The Morgan fingerprint density at radius 2 is 2.00 bits per heavy atom. The lowest BCUT2D eigenvalue weighted by Gasteiger charge is -2.08. The molecule has 1 heterocycles. The molecule has 3 rings (SSSR count). The molecule has 3 N–H and O–H groups in total. The smallest absolute Gasteiger partial charge is 0.254 e. The number of aromatic amines is 1. The maximum Gasteiger partial charge on any atom is 0.254 e. The van der Waals surface area contributed by atoms with Crippen molar-refractivity contribution in [3.8, 4) is 0 Å². The van der Waals surface area contributed by atoms with Crippen LogP contribution in [0, 0.1) is 11.6 Å². The van der Waals surface area contributed by atoms with Crippen LogP contribution in [0.2, 0.25) is 0 Å². The Morgan fingerprint density at radius 1 is 1.15 bits per heavy atom. The topological polar surface area (TPSA) is 86.9 Å². The van der Waals surface area contributed by atoms with E-state index >= 15 is 0 Å². The quantitative estimate of drug-likeness (QED) is 0.592. The van der Waals surface area contributed by atoms with Gasteiger partial charge in [0.15, 0.2) is 0 Å². The van der Waals surface area contributed by atoms with Gasteiger partial charge in [-0.2, -0.15) is 5.10 Å². The van der Waals surface area contributed by atoms with Crippen molar-refractivity contribution in [2.75, 3.05) is 11.9 Å². The largest absolute Gasteiger partial charge is 0.352 e. The number of anilines is 1. The lowest BCUT2D eigenvalue weighted by molar-refractivity contribution is -0.116. The van der Waals surface area contributed by atoms with Gasteiger partial charge >= 0.3 is 0 Å². The molecule has 0 spiro atoms. The fourth-order valence-electron chi connectivity index (χ4n) is 2.51. The molecule has 0 aliphatic carbocycles. The van der Waals surface area contributed by atoms with E-state index in [0.717, 1.165) is 23.0 Å². The second-order valence-corrected chi connectivity index (χ2v) is 5.67. The monoisotopic (exact) mass is 358 g/mol. The minimum atomic E-state index is -0.923. The molecular weight excluding hydrogens is 342 g/mol. The molecule has 8 heteroatoms. The molecule has 0 saturated carbocycles. The number of hydrogen-bond acceptors (Lipinski definition) is 3. The molecule has 0 fully saturated rings. The van der Waals surface area contributed by atoms with E-state index in [4.69, 9.17) is 0 Å². The van der Waals surface area contributed by atoms with E-state index in [2.05, 4.69) is 20.8 Å². The third kappa shape index (κ3) is 4.02. The number of amides is 2. The first-order chi connectivity index (χ1) is 12.5. The second-order valence-electron chi connectivity index (χ2n) is 5.67. The highest BCUT2D eigenvalue weighted by Gasteiger charge is 2.12. The molecule has 0 aliphatic rings. The number of benzene rings is 2. The molecular formula is C18H16F2N4O2. The molecule has 1 aromatic heterocycles. The number of para-hydroxylation sites is 1. The number of nitrogens with one attached hydrogen (secondary N) is 3. The highest BCUT2D eigenvalue weighted by molar-refractivity contribution is 6.00. The van der Waals surface area contributed by atoms with Crippen LogP contribution >= 0.6 is 0 Å². The number of H-pyrrole nitrogens is 1. The van der Waals surface area contributed by atoms with Crippen LogP contribution in [-0.2, 0) is 4.79 Å². The molecule has 3 aromatic rings. The zero-order valence-corrected chi connectivity index (χ0v) is 13.7. The summed E-state index contributed by atoms with van der Waals surface area (Å²) in [4.78, 5) is 23.9. The maximum absolute atomic E-state index is 13.5. The van der Waals surface area contributed by atoms with Crippen LogP contribution in [0.25, 0.3) is 10.9 Å². The van der Waals surface area contributed by atoms with E-state index in [1.165, 1.54) is 0 Å². The summed E-state index contributed by atoms with van der Waals surface area (Å²) in [6.07, 6.45) is 2.21. The van der Waals surface area contributed by atoms with Gasteiger partial charge < -0.3 is 10.6 Å². The first-order valence-corrected chi connectivity index (χ1v) is 8.00. The predicted octanol–water partition coefficient (Wildman–Crippen LogP) is 2.99. The van der Waals surface area contributed by atoms with Gasteiger partial charge in [0.25, 0.3) is 5.91 Å². The number of rotatable bonds is 6. The fraction of sp³-hybridized carbons (Fsp3) is 0.167. The number of nitrogens with zero attached hydrogens (tertiary/aromatic N) is 1. The van der Waals surface area contributed by atoms with Crippen molar-refractivity contribution in [2.24, 2.45) is 0 Å². The van der Waals surface area contributed by atoms with E-state index in [-0.39, 0.29) is 24.4 Å². The van der Waals surface area contributed by atoms with Crippen molar-refractivity contribution < 1.29 is 18.4 Å². The van der Waals surface area contributed by atoms with Crippen molar-refractivity contribution in [3.63, 3.8) is 0 Å². The minimum Gasteiger partial charge on any atom is -0.352 e. The zero-order valence-electron chi connectivity index (χ0n) is 13.7. The first kappa shape index (κ1) is 17.5. The summed E-state index contributed by atoms with van der Waals surface area (Å²) in [5, 5.41) is 12.9. The number of halogens is 2. The van der Waals surface area contributed by atoms with Crippen molar-refractivity contribution in [2.45, 2.75) is 12.8 Å². The van der Waals surface area contributed by atoms with Crippen molar-refractivity contribution in [1.29, 1.82) is 0 Å². The normalized spacial score (nSPS) is 10.7. The third-order valence-corrected chi connectivity index (χ3v) is 3.79. The fourth-order valence-corrected chi connectivity index (χ4v) is 2.51. The molecule has 0 aliphatic heterocycles. The molecule has 2 aromatic carbocycles. The van der Waals surface area contributed by atoms with Crippen molar-refractivity contribution >= 4 is 28.4 Å². The summed E-state index contributed by atoms with van der Waals surface area (Å²) in [5.41, 5.74) is 1.13. The van der Waals surface area contributed by atoms with Crippen LogP contribution in [0.15, 0.2) is 42.6 Å². The molecule has 26 heavy (non-hydrogen) atoms. The van der Waals surface area contributed by atoms with Gasteiger partial charge in [0.1, 0.15) is 11.6 Å². The van der Waals surface area contributed by atoms with E-state index in [0.29, 0.717) is 18.2 Å². The average Bonchev–Trinajstić information content (AvgIpc) is 3.08. The van der Waals surface area contributed by atoms with Crippen LogP contribution in [0.3, 0.4) is 0 Å². The maximum atomic E-state index is 13.5. The van der Waals surface area contributed by atoms with E-state index in [9.17, 15) is 18.4 Å². The van der Waals surface area contributed by atoms with Crippen LogP contribution in [-0.4, -0.2) is 28.6 Å².